The molecule has 0 aliphatic carbocycles. The first-order valence-electron chi connectivity index (χ1n) is 9.16. The van der Waals surface area contributed by atoms with E-state index in [2.05, 4.69) is 5.32 Å². The molecular formula is C19H26ClN3O4. The molecule has 1 aliphatic rings. The number of carbonyl (C=O) groups is 3. The van der Waals surface area contributed by atoms with Gasteiger partial charge in [-0.05, 0) is 37.5 Å². The van der Waals surface area contributed by atoms with Gasteiger partial charge in [0.25, 0.3) is 5.91 Å². The van der Waals surface area contributed by atoms with Crippen LogP contribution >= 0.6 is 11.6 Å². The first-order valence-corrected chi connectivity index (χ1v) is 9.54. The number of esters is 1. The number of amides is 3. The number of urea groups is 1. The quantitative estimate of drug-likeness (QED) is 0.723. The van der Waals surface area contributed by atoms with E-state index >= 15 is 0 Å². The van der Waals surface area contributed by atoms with Crippen LogP contribution in [0.5, 0.6) is 0 Å². The number of benzene rings is 1. The zero-order valence-electron chi connectivity index (χ0n) is 15.4. The topological polar surface area (TPSA) is 102 Å². The lowest BCUT2D eigenvalue weighted by Gasteiger charge is -2.24. The van der Waals surface area contributed by atoms with E-state index in [1.54, 1.807) is 36.1 Å². The molecule has 148 valence electrons. The zero-order chi connectivity index (χ0) is 19.8. The molecule has 1 aliphatic heterocycles. The molecule has 1 aromatic rings. The van der Waals surface area contributed by atoms with Crippen LogP contribution in [0.1, 0.15) is 50.6 Å². The van der Waals surface area contributed by atoms with Gasteiger partial charge in [0, 0.05) is 18.1 Å². The van der Waals surface area contributed by atoms with Crippen molar-refractivity contribution in [1.82, 2.24) is 10.2 Å². The Hall–Kier alpha value is -2.28. The van der Waals surface area contributed by atoms with Crippen molar-refractivity contribution in [1.29, 1.82) is 0 Å². The van der Waals surface area contributed by atoms with Gasteiger partial charge >= 0.3 is 12.0 Å². The number of primary amides is 1. The van der Waals surface area contributed by atoms with E-state index in [0.29, 0.717) is 23.7 Å². The van der Waals surface area contributed by atoms with Crippen LogP contribution in [0.3, 0.4) is 0 Å². The Kier molecular flexibility index (Phi) is 7.91. The summed E-state index contributed by atoms with van der Waals surface area (Å²) >= 11 is 5.87. The van der Waals surface area contributed by atoms with Crippen molar-refractivity contribution < 1.29 is 19.1 Å². The van der Waals surface area contributed by atoms with Gasteiger partial charge in [-0.2, -0.15) is 0 Å². The van der Waals surface area contributed by atoms with Crippen molar-refractivity contribution in [3.8, 4) is 0 Å². The molecule has 0 bridgehead atoms. The Labute approximate surface area is 164 Å². The number of nitrogens with two attached hydrogens (primary N) is 1. The molecule has 1 saturated heterocycles. The number of ether oxygens (including phenoxy) is 1. The molecule has 8 heteroatoms. The van der Waals surface area contributed by atoms with Crippen LogP contribution in [-0.2, 0) is 14.3 Å². The number of rotatable bonds is 6. The second kappa shape index (κ2) is 10.2. The van der Waals surface area contributed by atoms with Gasteiger partial charge in [-0.15, -0.1) is 0 Å². The van der Waals surface area contributed by atoms with Gasteiger partial charge in [-0.3, -0.25) is 9.59 Å². The van der Waals surface area contributed by atoms with Crippen LogP contribution in [0.25, 0.3) is 0 Å². The summed E-state index contributed by atoms with van der Waals surface area (Å²) in [7, 11) is 0. The number of carbonyl (C=O) groups excluding carboxylic acids is 3. The Morgan fingerprint density at radius 2 is 1.74 bits per heavy atom. The fourth-order valence-electron chi connectivity index (χ4n) is 3.13. The fourth-order valence-corrected chi connectivity index (χ4v) is 3.26. The number of likely N-dealkylation sites (tertiary alicyclic amines) is 1. The number of nitrogens with zero attached hydrogens (tertiary/aromatic N) is 1. The van der Waals surface area contributed by atoms with Gasteiger partial charge in [-0.25, -0.2) is 4.79 Å². The fraction of sp³-hybridized carbons (Fsp3) is 0.526. The van der Waals surface area contributed by atoms with Gasteiger partial charge in [0.2, 0.25) is 0 Å². The summed E-state index contributed by atoms with van der Waals surface area (Å²) in [5, 5.41) is 3.06. The molecule has 3 amide bonds. The number of hydrogen-bond donors (Lipinski definition) is 2. The molecule has 1 fully saturated rings. The van der Waals surface area contributed by atoms with Crippen molar-refractivity contribution in [3.05, 3.63) is 34.9 Å². The van der Waals surface area contributed by atoms with Crippen LogP contribution in [0.15, 0.2) is 24.3 Å². The van der Waals surface area contributed by atoms with E-state index in [1.165, 1.54) is 0 Å². The second-order valence-corrected chi connectivity index (χ2v) is 7.12. The third-order valence-electron chi connectivity index (χ3n) is 4.53. The summed E-state index contributed by atoms with van der Waals surface area (Å²) in [6.45, 7) is 2.96. The Balaban J connectivity index is 1.96. The second-order valence-electron chi connectivity index (χ2n) is 6.69. The number of halogens is 1. The minimum atomic E-state index is -0.866. The van der Waals surface area contributed by atoms with Crippen molar-refractivity contribution in [2.45, 2.75) is 51.2 Å². The minimum absolute atomic E-state index is 0.137. The third-order valence-corrected chi connectivity index (χ3v) is 4.79. The predicted molar refractivity (Wildman–Crippen MR) is 102 cm³/mol. The predicted octanol–water partition coefficient (Wildman–Crippen LogP) is 2.77. The maximum Gasteiger partial charge on any atom is 0.312 e. The first kappa shape index (κ1) is 21.0. The van der Waals surface area contributed by atoms with Crippen LogP contribution in [0, 0.1) is 0 Å². The molecule has 0 unspecified atom stereocenters. The third kappa shape index (κ3) is 6.75. The largest absolute Gasteiger partial charge is 0.452 e. The van der Waals surface area contributed by atoms with E-state index in [-0.39, 0.29) is 12.3 Å². The van der Waals surface area contributed by atoms with Crippen molar-refractivity contribution >= 4 is 29.5 Å². The SMILES string of the molecule is C[C@H](OC(=O)C[C@H](NC(N)=O)c1ccc(Cl)cc1)C(=O)N1CCCCCC1. The lowest BCUT2D eigenvalue weighted by molar-refractivity contribution is -0.159. The van der Waals surface area contributed by atoms with E-state index in [0.717, 1.165) is 25.7 Å². The summed E-state index contributed by atoms with van der Waals surface area (Å²) in [6.07, 6.45) is 3.15. The van der Waals surface area contributed by atoms with Crippen LogP contribution in [-0.4, -0.2) is 42.0 Å². The molecular weight excluding hydrogens is 370 g/mol. The molecule has 0 radical (unpaired) electrons. The highest BCUT2D eigenvalue weighted by Crippen LogP contribution is 2.20. The monoisotopic (exact) mass is 395 g/mol. The molecule has 1 heterocycles. The van der Waals surface area contributed by atoms with E-state index in [9.17, 15) is 14.4 Å². The Morgan fingerprint density at radius 1 is 1.15 bits per heavy atom. The summed E-state index contributed by atoms with van der Waals surface area (Å²) < 4.78 is 5.32. The molecule has 2 atom stereocenters. The van der Waals surface area contributed by atoms with Gasteiger partial charge in [-0.1, -0.05) is 36.6 Å². The van der Waals surface area contributed by atoms with Gasteiger partial charge in [0.1, 0.15) is 0 Å². The Bertz CT molecular complexity index is 657. The average molecular weight is 396 g/mol. The van der Waals surface area contributed by atoms with Gasteiger partial charge in [0.15, 0.2) is 6.10 Å². The molecule has 0 saturated carbocycles. The van der Waals surface area contributed by atoms with E-state index in [1.807, 2.05) is 0 Å². The van der Waals surface area contributed by atoms with Crippen molar-refractivity contribution in [2.75, 3.05) is 13.1 Å². The average Bonchev–Trinajstić information content (AvgIpc) is 2.90. The summed E-state index contributed by atoms with van der Waals surface area (Å²) in [4.78, 5) is 37.9. The lowest BCUT2D eigenvalue weighted by atomic mass is 10.0. The van der Waals surface area contributed by atoms with E-state index < -0.39 is 24.1 Å². The molecule has 0 aromatic heterocycles. The maximum absolute atomic E-state index is 12.5. The highest BCUT2D eigenvalue weighted by atomic mass is 35.5. The maximum atomic E-state index is 12.5. The number of hydrogen-bond acceptors (Lipinski definition) is 4. The highest BCUT2D eigenvalue weighted by Gasteiger charge is 2.26. The lowest BCUT2D eigenvalue weighted by Crippen LogP contribution is -2.41. The van der Waals surface area contributed by atoms with Gasteiger partial charge in [0.05, 0.1) is 12.5 Å². The molecule has 7 nitrogen and oxygen atoms in total. The van der Waals surface area contributed by atoms with Crippen LogP contribution < -0.4 is 11.1 Å². The van der Waals surface area contributed by atoms with Crippen LogP contribution in [0.4, 0.5) is 4.79 Å². The minimum Gasteiger partial charge on any atom is -0.452 e. The van der Waals surface area contributed by atoms with Crippen molar-refractivity contribution in [2.24, 2.45) is 5.73 Å². The smallest absolute Gasteiger partial charge is 0.312 e. The van der Waals surface area contributed by atoms with Gasteiger partial charge < -0.3 is 20.7 Å². The zero-order valence-corrected chi connectivity index (χ0v) is 16.2. The van der Waals surface area contributed by atoms with Crippen LogP contribution in [0.2, 0.25) is 5.02 Å². The van der Waals surface area contributed by atoms with Crippen molar-refractivity contribution in [3.63, 3.8) is 0 Å². The molecule has 1 aromatic carbocycles. The standard InChI is InChI=1S/C19H26ClN3O4/c1-13(18(25)23-10-4-2-3-5-11-23)27-17(24)12-16(22-19(21)26)14-6-8-15(20)9-7-14/h6-9,13,16H,2-5,10-12H2,1H3,(H3,21,22,26)/t13-,16-/m0/s1. The molecule has 2 rings (SSSR count). The summed E-state index contributed by atoms with van der Waals surface area (Å²) in [5.41, 5.74) is 5.88. The number of nitrogens with one attached hydrogen (secondary N) is 1. The summed E-state index contributed by atoms with van der Waals surface area (Å²) in [5.74, 6) is -0.768. The Morgan fingerprint density at radius 3 is 2.30 bits per heavy atom. The summed E-state index contributed by atoms with van der Waals surface area (Å²) in [6, 6.07) is 5.29. The van der Waals surface area contributed by atoms with E-state index in [4.69, 9.17) is 22.1 Å². The molecule has 3 N–H and O–H groups in total. The normalized spacial score (nSPS) is 16.7. The first-order chi connectivity index (χ1) is 12.9. The molecule has 0 spiro atoms. The highest BCUT2D eigenvalue weighted by molar-refractivity contribution is 6.30. The molecule has 27 heavy (non-hydrogen) atoms.